The lowest BCUT2D eigenvalue weighted by atomic mass is 9.69. The van der Waals surface area contributed by atoms with E-state index in [9.17, 15) is 4.79 Å². The SMILES string of the molecule is CCN(CC)CCNC1(C(=O)OC)CCC(C)(C)CC1. The lowest BCUT2D eigenvalue weighted by Crippen LogP contribution is -2.57. The lowest BCUT2D eigenvalue weighted by molar-refractivity contribution is -0.151. The smallest absolute Gasteiger partial charge is 0.326 e. The molecule has 0 aromatic rings. The molecule has 1 aliphatic rings. The predicted octanol–water partition coefficient (Wildman–Crippen LogP) is 2.43. The van der Waals surface area contributed by atoms with Gasteiger partial charge >= 0.3 is 5.97 Å². The molecule has 0 radical (unpaired) electrons. The molecule has 20 heavy (non-hydrogen) atoms. The molecular formula is C16H32N2O2. The summed E-state index contributed by atoms with van der Waals surface area (Å²) in [6.45, 7) is 12.8. The number of esters is 1. The van der Waals surface area contributed by atoms with E-state index in [2.05, 4.69) is 37.9 Å². The highest BCUT2D eigenvalue weighted by atomic mass is 16.5. The third-order valence-electron chi connectivity index (χ3n) is 4.82. The van der Waals surface area contributed by atoms with Crippen molar-refractivity contribution in [3.63, 3.8) is 0 Å². The Morgan fingerprint density at radius 2 is 1.70 bits per heavy atom. The van der Waals surface area contributed by atoms with E-state index >= 15 is 0 Å². The van der Waals surface area contributed by atoms with Crippen LogP contribution < -0.4 is 5.32 Å². The molecular weight excluding hydrogens is 252 g/mol. The Bertz CT molecular complexity index is 302. The molecule has 4 nitrogen and oxygen atoms in total. The largest absolute Gasteiger partial charge is 0.468 e. The van der Waals surface area contributed by atoms with Gasteiger partial charge in [-0.3, -0.25) is 4.79 Å². The number of methoxy groups -OCH3 is 1. The third kappa shape index (κ3) is 4.45. The van der Waals surface area contributed by atoms with Crippen LogP contribution in [-0.4, -0.2) is 49.7 Å². The highest BCUT2D eigenvalue weighted by Gasteiger charge is 2.44. The van der Waals surface area contributed by atoms with Gasteiger partial charge in [-0.15, -0.1) is 0 Å². The summed E-state index contributed by atoms with van der Waals surface area (Å²) in [5, 5.41) is 3.51. The van der Waals surface area contributed by atoms with Gasteiger partial charge in [-0.25, -0.2) is 0 Å². The van der Waals surface area contributed by atoms with Crippen LogP contribution >= 0.6 is 0 Å². The molecule has 0 aromatic heterocycles. The molecule has 0 aromatic carbocycles. The van der Waals surface area contributed by atoms with Crippen molar-refractivity contribution in [1.29, 1.82) is 0 Å². The van der Waals surface area contributed by atoms with E-state index in [-0.39, 0.29) is 5.97 Å². The van der Waals surface area contributed by atoms with Crippen molar-refractivity contribution in [1.82, 2.24) is 10.2 Å². The number of likely N-dealkylation sites (N-methyl/N-ethyl adjacent to an activating group) is 1. The van der Waals surface area contributed by atoms with Crippen LogP contribution in [0, 0.1) is 5.41 Å². The molecule has 0 unspecified atom stereocenters. The zero-order valence-corrected chi connectivity index (χ0v) is 13.9. The zero-order valence-electron chi connectivity index (χ0n) is 13.9. The van der Waals surface area contributed by atoms with Crippen molar-refractivity contribution in [2.24, 2.45) is 5.41 Å². The van der Waals surface area contributed by atoms with Crippen LogP contribution in [0.1, 0.15) is 53.4 Å². The zero-order chi connectivity index (χ0) is 15.2. The number of nitrogens with zero attached hydrogens (tertiary/aromatic N) is 1. The normalized spacial score (nSPS) is 20.9. The molecule has 0 atom stereocenters. The molecule has 0 heterocycles. The predicted molar refractivity (Wildman–Crippen MR) is 82.8 cm³/mol. The Labute approximate surface area is 124 Å². The molecule has 0 saturated heterocycles. The van der Waals surface area contributed by atoms with Crippen molar-refractivity contribution < 1.29 is 9.53 Å². The highest BCUT2D eigenvalue weighted by molar-refractivity contribution is 5.80. The molecule has 1 fully saturated rings. The molecule has 1 aliphatic carbocycles. The van der Waals surface area contributed by atoms with Crippen LogP contribution in [0.5, 0.6) is 0 Å². The minimum Gasteiger partial charge on any atom is -0.468 e. The Hall–Kier alpha value is -0.610. The number of carbonyl (C=O) groups excluding carboxylic acids is 1. The third-order valence-corrected chi connectivity index (χ3v) is 4.82. The summed E-state index contributed by atoms with van der Waals surface area (Å²) in [6, 6.07) is 0. The quantitative estimate of drug-likeness (QED) is 0.729. The standard InChI is InChI=1S/C16H32N2O2/c1-6-18(7-2)13-12-17-16(14(19)20-5)10-8-15(3,4)9-11-16/h17H,6-13H2,1-5H3. The first-order valence-corrected chi connectivity index (χ1v) is 7.95. The maximum absolute atomic E-state index is 12.2. The van der Waals surface area contributed by atoms with Gasteiger partial charge in [-0.2, -0.15) is 0 Å². The van der Waals surface area contributed by atoms with E-state index in [0.29, 0.717) is 5.41 Å². The summed E-state index contributed by atoms with van der Waals surface area (Å²) >= 11 is 0. The van der Waals surface area contributed by atoms with Gasteiger partial charge < -0.3 is 15.0 Å². The highest BCUT2D eigenvalue weighted by Crippen LogP contribution is 2.40. The average Bonchev–Trinajstić information content (AvgIpc) is 2.45. The second kappa shape index (κ2) is 7.41. The van der Waals surface area contributed by atoms with Crippen LogP contribution in [0.3, 0.4) is 0 Å². The first-order chi connectivity index (χ1) is 9.39. The number of nitrogens with one attached hydrogen (secondary N) is 1. The number of ether oxygens (including phenoxy) is 1. The van der Waals surface area contributed by atoms with Gasteiger partial charge in [0.25, 0.3) is 0 Å². The Balaban J connectivity index is 2.60. The monoisotopic (exact) mass is 284 g/mol. The van der Waals surface area contributed by atoms with E-state index in [1.54, 1.807) is 0 Å². The Morgan fingerprint density at radius 1 is 1.15 bits per heavy atom. The van der Waals surface area contributed by atoms with E-state index in [1.165, 1.54) is 7.11 Å². The molecule has 118 valence electrons. The maximum atomic E-state index is 12.2. The topological polar surface area (TPSA) is 41.6 Å². The van der Waals surface area contributed by atoms with Gasteiger partial charge in [-0.05, 0) is 44.2 Å². The summed E-state index contributed by atoms with van der Waals surface area (Å²) in [5.41, 5.74) is -0.116. The molecule has 0 amide bonds. The van der Waals surface area contributed by atoms with E-state index in [0.717, 1.165) is 51.9 Å². The van der Waals surface area contributed by atoms with E-state index < -0.39 is 5.54 Å². The minimum atomic E-state index is -0.461. The van der Waals surface area contributed by atoms with Crippen molar-refractivity contribution >= 4 is 5.97 Å². The molecule has 0 bridgehead atoms. The molecule has 1 N–H and O–H groups in total. The van der Waals surface area contributed by atoms with E-state index in [4.69, 9.17) is 4.74 Å². The van der Waals surface area contributed by atoms with Crippen LogP contribution in [0.2, 0.25) is 0 Å². The lowest BCUT2D eigenvalue weighted by Gasteiger charge is -2.42. The van der Waals surface area contributed by atoms with Crippen LogP contribution in [0.15, 0.2) is 0 Å². The second-order valence-electron chi connectivity index (χ2n) is 6.69. The van der Waals surface area contributed by atoms with Gasteiger partial charge in [0.2, 0.25) is 0 Å². The fourth-order valence-corrected chi connectivity index (χ4v) is 3.00. The molecule has 1 saturated carbocycles. The summed E-state index contributed by atoms with van der Waals surface area (Å²) in [6.07, 6.45) is 3.90. The average molecular weight is 284 g/mol. The fourth-order valence-electron chi connectivity index (χ4n) is 3.00. The molecule has 0 aliphatic heterocycles. The molecule has 1 rings (SSSR count). The van der Waals surface area contributed by atoms with Crippen molar-refractivity contribution in [3.05, 3.63) is 0 Å². The Kier molecular flexibility index (Phi) is 6.46. The van der Waals surface area contributed by atoms with Crippen LogP contribution in [-0.2, 0) is 9.53 Å². The first-order valence-electron chi connectivity index (χ1n) is 7.95. The van der Waals surface area contributed by atoms with Gasteiger partial charge in [0.15, 0.2) is 0 Å². The van der Waals surface area contributed by atoms with Crippen LogP contribution in [0.25, 0.3) is 0 Å². The van der Waals surface area contributed by atoms with E-state index in [1.807, 2.05) is 0 Å². The summed E-state index contributed by atoms with van der Waals surface area (Å²) < 4.78 is 5.06. The van der Waals surface area contributed by atoms with Crippen molar-refractivity contribution in [3.8, 4) is 0 Å². The fraction of sp³-hybridized carbons (Fsp3) is 0.938. The number of hydrogen-bond donors (Lipinski definition) is 1. The molecule has 4 heteroatoms. The first kappa shape index (κ1) is 17.4. The number of rotatable bonds is 7. The maximum Gasteiger partial charge on any atom is 0.326 e. The van der Waals surface area contributed by atoms with Gasteiger partial charge in [-0.1, -0.05) is 27.7 Å². The number of hydrogen-bond acceptors (Lipinski definition) is 4. The summed E-state index contributed by atoms with van der Waals surface area (Å²) in [7, 11) is 1.50. The van der Waals surface area contributed by atoms with Crippen LogP contribution in [0.4, 0.5) is 0 Å². The van der Waals surface area contributed by atoms with Gasteiger partial charge in [0.05, 0.1) is 7.11 Å². The minimum absolute atomic E-state index is 0.0902. The Morgan fingerprint density at radius 3 is 2.15 bits per heavy atom. The van der Waals surface area contributed by atoms with Gasteiger partial charge in [0.1, 0.15) is 5.54 Å². The number of carbonyl (C=O) groups is 1. The second-order valence-corrected chi connectivity index (χ2v) is 6.69. The molecule has 0 spiro atoms. The summed E-state index contributed by atoms with van der Waals surface area (Å²) in [5.74, 6) is -0.0902. The van der Waals surface area contributed by atoms with Crippen molar-refractivity contribution in [2.45, 2.75) is 58.9 Å². The van der Waals surface area contributed by atoms with Crippen molar-refractivity contribution in [2.75, 3.05) is 33.3 Å². The van der Waals surface area contributed by atoms with Gasteiger partial charge in [0, 0.05) is 13.1 Å². The summed E-state index contributed by atoms with van der Waals surface area (Å²) in [4.78, 5) is 14.6.